The van der Waals surface area contributed by atoms with E-state index in [1.165, 1.54) is 0 Å². The summed E-state index contributed by atoms with van der Waals surface area (Å²) in [5, 5.41) is 9.77. The van der Waals surface area contributed by atoms with Crippen LogP contribution in [0.3, 0.4) is 0 Å². The van der Waals surface area contributed by atoms with Gasteiger partial charge in [-0.15, -0.1) is 0 Å². The van der Waals surface area contributed by atoms with Crippen molar-refractivity contribution in [3.8, 4) is 0 Å². The zero-order valence-corrected chi connectivity index (χ0v) is 14.4. The zero-order chi connectivity index (χ0) is 18.1. The predicted molar refractivity (Wildman–Crippen MR) is 96.1 cm³/mol. The summed E-state index contributed by atoms with van der Waals surface area (Å²) >= 11 is 0. The number of morpholine rings is 1. The number of ether oxygens (including phenoxy) is 1. The fourth-order valence-electron chi connectivity index (χ4n) is 4.00. The highest BCUT2D eigenvalue weighted by atomic mass is 16.5. The maximum Gasteiger partial charge on any atom is 0.254 e. The number of carbonyl (C=O) groups is 2. The third-order valence-electron chi connectivity index (χ3n) is 5.24. The maximum atomic E-state index is 13.4. The molecule has 0 saturated carbocycles. The number of aliphatic hydroxyl groups excluding tert-OH is 1. The molecule has 2 aromatic rings. The molecule has 1 heterocycles. The highest BCUT2D eigenvalue weighted by Gasteiger charge is 2.37. The molecule has 5 nitrogen and oxygen atoms in total. The van der Waals surface area contributed by atoms with E-state index < -0.39 is 6.10 Å². The van der Waals surface area contributed by atoms with Crippen molar-refractivity contribution in [2.24, 2.45) is 0 Å². The first-order valence-electron chi connectivity index (χ1n) is 8.94. The Balaban J connectivity index is 1.73. The minimum absolute atomic E-state index is 0.101. The summed E-state index contributed by atoms with van der Waals surface area (Å²) in [5.41, 5.74) is 3.04. The second-order valence-electron chi connectivity index (χ2n) is 6.70. The quantitative estimate of drug-likeness (QED) is 0.922. The molecule has 1 aliphatic heterocycles. The number of benzene rings is 2. The summed E-state index contributed by atoms with van der Waals surface area (Å²) in [7, 11) is 0. The van der Waals surface area contributed by atoms with Crippen molar-refractivity contribution in [2.45, 2.75) is 25.0 Å². The first kappa shape index (κ1) is 16.9. The molecule has 1 aliphatic carbocycles. The topological polar surface area (TPSA) is 66.8 Å². The SMILES string of the molecule is O=C1CCc2c1cccc2C(=O)N1CCO[C@@H](CO)[C@@H]1c1ccccc1. The van der Waals surface area contributed by atoms with Crippen molar-refractivity contribution in [2.75, 3.05) is 19.8 Å². The van der Waals surface area contributed by atoms with Gasteiger partial charge in [-0.3, -0.25) is 9.59 Å². The molecule has 5 heteroatoms. The molecule has 2 atom stereocenters. The summed E-state index contributed by atoms with van der Waals surface area (Å²) < 4.78 is 5.72. The number of amides is 1. The van der Waals surface area contributed by atoms with Crippen LogP contribution in [0.1, 0.15) is 44.3 Å². The Labute approximate surface area is 152 Å². The number of fused-ring (bicyclic) bond motifs is 1. The normalized spacial score (nSPS) is 22.3. The Kier molecular flexibility index (Phi) is 4.57. The molecule has 134 valence electrons. The van der Waals surface area contributed by atoms with E-state index in [4.69, 9.17) is 4.74 Å². The fraction of sp³-hybridized carbons (Fsp3) is 0.333. The van der Waals surface area contributed by atoms with Gasteiger partial charge in [0, 0.05) is 24.1 Å². The number of ketones is 1. The van der Waals surface area contributed by atoms with E-state index in [2.05, 4.69) is 0 Å². The van der Waals surface area contributed by atoms with Crippen molar-refractivity contribution in [3.05, 3.63) is 70.8 Å². The molecule has 0 aromatic heterocycles. The molecular formula is C21H21NO4. The van der Waals surface area contributed by atoms with Crippen LogP contribution in [0.2, 0.25) is 0 Å². The molecule has 0 spiro atoms. The predicted octanol–water partition coefficient (Wildman–Crippen LogP) is 2.39. The highest BCUT2D eigenvalue weighted by Crippen LogP contribution is 2.33. The molecular weight excluding hydrogens is 330 g/mol. The Morgan fingerprint density at radius 3 is 2.69 bits per heavy atom. The average molecular weight is 351 g/mol. The van der Waals surface area contributed by atoms with Crippen LogP contribution in [0.15, 0.2) is 48.5 Å². The number of hydrogen-bond donors (Lipinski definition) is 1. The lowest BCUT2D eigenvalue weighted by Gasteiger charge is -2.41. The Morgan fingerprint density at radius 2 is 1.92 bits per heavy atom. The van der Waals surface area contributed by atoms with Gasteiger partial charge in [-0.2, -0.15) is 0 Å². The summed E-state index contributed by atoms with van der Waals surface area (Å²) in [5.74, 6) is -0.00313. The molecule has 0 unspecified atom stereocenters. The van der Waals surface area contributed by atoms with Gasteiger partial charge in [0.15, 0.2) is 5.78 Å². The number of nitrogens with zero attached hydrogens (tertiary/aromatic N) is 1. The van der Waals surface area contributed by atoms with Crippen LogP contribution in [0.5, 0.6) is 0 Å². The van der Waals surface area contributed by atoms with Crippen LogP contribution < -0.4 is 0 Å². The largest absolute Gasteiger partial charge is 0.394 e. The fourth-order valence-corrected chi connectivity index (χ4v) is 4.00. The van der Waals surface area contributed by atoms with E-state index in [0.29, 0.717) is 37.1 Å². The molecule has 1 amide bonds. The van der Waals surface area contributed by atoms with E-state index >= 15 is 0 Å². The zero-order valence-electron chi connectivity index (χ0n) is 14.4. The Morgan fingerprint density at radius 1 is 1.12 bits per heavy atom. The molecule has 1 fully saturated rings. The van der Waals surface area contributed by atoms with Crippen molar-refractivity contribution in [1.29, 1.82) is 0 Å². The van der Waals surface area contributed by atoms with Gasteiger partial charge in [-0.25, -0.2) is 0 Å². The standard InChI is InChI=1S/C21H21NO4/c23-13-19-20(14-5-2-1-3-6-14)22(11-12-26-19)21(25)17-8-4-7-16-15(17)9-10-18(16)24/h1-8,19-20,23H,9-13H2/t19-,20-/m0/s1. The first-order chi connectivity index (χ1) is 12.7. The maximum absolute atomic E-state index is 13.4. The third-order valence-corrected chi connectivity index (χ3v) is 5.24. The van der Waals surface area contributed by atoms with Crippen LogP contribution in [0.4, 0.5) is 0 Å². The minimum atomic E-state index is -0.464. The monoisotopic (exact) mass is 351 g/mol. The summed E-state index contributed by atoms with van der Waals surface area (Å²) in [6.07, 6.45) is 0.609. The van der Waals surface area contributed by atoms with Crippen LogP contribution in [0, 0.1) is 0 Å². The number of carbonyl (C=O) groups excluding carboxylic acids is 2. The molecule has 1 saturated heterocycles. The second-order valence-corrected chi connectivity index (χ2v) is 6.70. The van der Waals surface area contributed by atoms with E-state index in [0.717, 1.165) is 11.1 Å². The molecule has 4 rings (SSSR count). The summed E-state index contributed by atoms with van der Waals surface area (Å²) in [6, 6.07) is 14.7. The number of Topliss-reactive ketones (excluding diaryl/α,β-unsaturated/α-hetero) is 1. The molecule has 0 radical (unpaired) electrons. The van der Waals surface area contributed by atoms with E-state index in [1.54, 1.807) is 23.1 Å². The van der Waals surface area contributed by atoms with Gasteiger partial charge in [-0.05, 0) is 23.6 Å². The van der Waals surface area contributed by atoms with Crippen molar-refractivity contribution in [3.63, 3.8) is 0 Å². The van der Waals surface area contributed by atoms with Crippen molar-refractivity contribution in [1.82, 2.24) is 4.90 Å². The number of rotatable bonds is 3. The highest BCUT2D eigenvalue weighted by molar-refractivity contribution is 6.05. The van der Waals surface area contributed by atoms with Gasteiger partial charge in [-0.1, -0.05) is 42.5 Å². The molecule has 1 N–H and O–H groups in total. The number of aliphatic hydroxyl groups is 1. The van der Waals surface area contributed by atoms with Gasteiger partial charge >= 0.3 is 0 Å². The van der Waals surface area contributed by atoms with Crippen LogP contribution in [-0.4, -0.2) is 47.6 Å². The minimum Gasteiger partial charge on any atom is -0.394 e. The number of hydrogen-bond acceptors (Lipinski definition) is 4. The molecule has 26 heavy (non-hydrogen) atoms. The molecule has 0 bridgehead atoms. The molecule has 2 aliphatic rings. The Hall–Kier alpha value is -2.50. The lowest BCUT2D eigenvalue weighted by Crippen LogP contribution is -2.49. The lowest BCUT2D eigenvalue weighted by molar-refractivity contribution is -0.0811. The summed E-state index contributed by atoms with van der Waals surface area (Å²) in [6.45, 7) is 0.676. The van der Waals surface area contributed by atoms with Crippen molar-refractivity contribution >= 4 is 11.7 Å². The van der Waals surface area contributed by atoms with Gasteiger partial charge in [0.05, 0.1) is 19.3 Å². The van der Waals surface area contributed by atoms with Crippen LogP contribution in [-0.2, 0) is 11.2 Å². The summed E-state index contributed by atoms with van der Waals surface area (Å²) in [4.78, 5) is 27.2. The van der Waals surface area contributed by atoms with E-state index in [-0.39, 0.29) is 24.3 Å². The third kappa shape index (κ3) is 2.83. The van der Waals surface area contributed by atoms with Crippen molar-refractivity contribution < 1.29 is 19.4 Å². The lowest BCUT2D eigenvalue weighted by atomic mass is 9.95. The smallest absolute Gasteiger partial charge is 0.254 e. The average Bonchev–Trinajstić information content (AvgIpc) is 3.08. The second kappa shape index (κ2) is 7.02. The van der Waals surface area contributed by atoms with Gasteiger partial charge in [0.2, 0.25) is 0 Å². The van der Waals surface area contributed by atoms with E-state index in [9.17, 15) is 14.7 Å². The van der Waals surface area contributed by atoms with E-state index in [1.807, 2.05) is 30.3 Å². The van der Waals surface area contributed by atoms with Crippen LogP contribution in [0.25, 0.3) is 0 Å². The van der Waals surface area contributed by atoms with Gasteiger partial charge < -0.3 is 14.7 Å². The molecule has 2 aromatic carbocycles. The van der Waals surface area contributed by atoms with Crippen LogP contribution >= 0.6 is 0 Å². The van der Waals surface area contributed by atoms with Gasteiger partial charge in [0.25, 0.3) is 5.91 Å². The Bertz CT molecular complexity index is 833. The van der Waals surface area contributed by atoms with Gasteiger partial charge in [0.1, 0.15) is 6.10 Å². The first-order valence-corrected chi connectivity index (χ1v) is 8.94.